The summed E-state index contributed by atoms with van der Waals surface area (Å²) >= 11 is 0. The number of nitrogens with one attached hydrogen (secondary N) is 1. The lowest BCUT2D eigenvalue weighted by molar-refractivity contribution is 0.222. The fourth-order valence-electron chi connectivity index (χ4n) is 4.57. The molecule has 3 aromatic carbocycles. The lowest BCUT2D eigenvalue weighted by Gasteiger charge is -2.39. The van der Waals surface area contributed by atoms with Crippen molar-refractivity contribution in [3.05, 3.63) is 107 Å². The normalized spacial score (nSPS) is 18.7. The van der Waals surface area contributed by atoms with Crippen LogP contribution in [-0.2, 0) is 0 Å². The Morgan fingerprint density at radius 2 is 1.81 bits per heavy atom. The molecule has 0 spiro atoms. The number of benzene rings is 3. The van der Waals surface area contributed by atoms with Crippen LogP contribution in [0, 0.1) is 6.92 Å². The fraction of sp³-hybridized carbons (Fsp3) is 0.154. The Labute approximate surface area is 186 Å². The Hall–Kier alpha value is -4.06. The highest BCUT2D eigenvalue weighted by molar-refractivity contribution is 5.85. The van der Waals surface area contributed by atoms with Crippen LogP contribution in [-0.4, -0.2) is 21.9 Å². The van der Waals surface area contributed by atoms with E-state index in [0.717, 1.165) is 45.4 Å². The first-order chi connectivity index (χ1) is 15.7. The minimum atomic E-state index is -0.314. The van der Waals surface area contributed by atoms with E-state index in [1.54, 1.807) is 13.4 Å². The van der Waals surface area contributed by atoms with E-state index in [1.807, 2.05) is 41.1 Å². The van der Waals surface area contributed by atoms with Gasteiger partial charge in [-0.15, -0.1) is 0 Å². The van der Waals surface area contributed by atoms with Gasteiger partial charge >= 0.3 is 0 Å². The van der Waals surface area contributed by atoms with Gasteiger partial charge in [0.05, 0.1) is 12.8 Å². The largest absolute Gasteiger partial charge is 0.497 e. The standard InChI is InChI=1S/C26H22N4O2/c1-16-10-12-17(13-11-16)24-22-23(29-26-27-15-28-30(24)26)20-8-3-4-9-21(20)32-25(22)18-6-5-7-19(14-18)31-2/h3-15,24-25H,1-2H3,(H,27,28,29)/t24-,25-/m0/s1. The van der Waals surface area contributed by atoms with Gasteiger partial charge in [0, 0.05) is 16.7 Å². The molecular weight excluding hydrogens is 400 g/mol. The summed E-state index contributed by atoms with van der Waals surface area (Å²) in [6.07, 6.45) is 1.28. The molecule has 1 aromatic heterocycles. The van der Waals surface area contributed by atoms with Gasteiger partial charge in [-0.1, -0.05) is 54.1 Å². The van der Waals surface area contributed by atoms with E-state index >= 15 is 0 Å². The molecule has 4 aromatic rings. The van der Waals surface area contributed by atoms with Crippen molar-refractivity contribution in [2.75, 3.05) is 12.4 Å². The summed E-state index contributed by atoms with van der Waals surface area (Å²) in [6, 6.07) is 24.6. The zero-order valence-corrected chi connectivity index (χ0v) is 17.8. The zero-order valence-electron chi connectivity index (χ0n) is 17.8. The second-order valence-electron chi connectivity index (χ2n) is 8.07. The Balaban J connectivity index is 1.62. The van der Waals surface area contributed by atoms with Gasteiger partial charge in [-0.3, -0.25) is 0 Å². The maximum atomic E-state index is 6.64. The highest BCUT2D eigenvalue weighted by Gasteiger charge is 2.40. The van der Waals surface area contributed by atoms with Crippen LogP contribution in [0.3, 0.4) is 0 Å². The van der Waals surface area contributed by atoms with E-state index in [1.165, 1.54) is 5.56 Å². The highest BCUT2D eigenvalue weighted by atomic mass is 16.5. The van der Waals surface area contributed by atoms with Crippen LogP contribution in [0.4, 0.5) is 5.95 Å². The first-order valence-electron chi connectivity index (χ1n) is 10.6. The number of fused-ring (bicyclic) bond motifs is 3. The second-order valence-corrected chi connectivity index (χ2v) is 8.07. The van der Waals surface area contributed by atoms with Crippen LogP contribution in [0.1, 0.15) is 34.4 Å². The maximum Gasteiger partial charge on any atom is 0.226 e. The average Bonchev–Trinajstić information content (AvgIpc) is 3.31. The number of methoxy groups -OCH3 is 1. The van der Waals surface area contributed by atoms with E-state index in [0.29, 0.717) is 0 Å². The number of para-hydroxylation sites is 1. The summed E-state index contributed by atoms with van der Waals surface area (Å²) in [6.45, 7) is 2.09. The van der Waals surface area contributed by atoms with Crippen molar-refractivity contribution in [3.63, 3.8) is 0 Å². The van der Waals surface area contributed by atoms with E-state index < -0.39 is 0 Å². The number of ether oxygens (including phenoxy) is 2. The molecule has 2 aliphatic rings. The first-order valence-corrected chi connectivity index (χ1v) is 10.6. The average molecular weight is 422 g/mol. The van der Waals surface area contributed by atoms with Crippen molar-refractivity contribution in [1.29, 1.82) is 0 Å². The van der Waals surface area contributed by atoms with Gasteiger partial charge in [-0.05, 0) is 36.8 Å². The number of hydrogen-bond donors (Lipinski definition) is 1. The number of rotatable bonds is 3. The number of hydrogen-bond acceptors (Lipinski definition) is 5. The van der Waals surface area contributed by atoms with Crippen molar-refractivity contribution >= 4 is 11.6 Å². The molecule has 0 radical (unpaired) electrons. The van der Waals surface area contributed by atoms with E-state index in [9.17, 15) is 0 Å². The van der Waals surface area contributed by atoms with Gasteiger partial charge in [0.25, 0.3) is 0 Å². The highest BCUT2D eigenvalue weighted by Crippen LogP contribution is 2.50. The maximum absolute atomic E-state index is 6.64. The number of aryl methyl sites for hydroxylation is 1. The summed E-state index contributed by atoms with van der Waals surface area (Å²) in [5, 5.41) is 8.11. The summed E-state index contributed by atoms with van der Waals surface area (Å²) in [5.41, 5.74) is 6.50. The number of nitrogens with zero attached hydrogens (tertiary/aromatic N) is 3. The smallest absolute Gasteiger partial charge is 0.226 e. The summed E-state index contributed by atoms with van der Waals surface area (Å²) in [5.74, 6) is 2.35. The van der Waals surface area contributed by atoms with Crippen molar-refractivity contribution < 1.29 is 9.47 Å². The number of anilines is 1. The van der Waals surface area contributed by atoms with Crippen LogP contribution in [0.25, 0.3) is 5.70 Å². The molecule has 0 saturated carbocycles. The molecular formula is C26H22N4O2. The van der Waals surface area contributed by atoms with Gasteiger partial charge in [0.2, 0.25) is 5.95 Å². The molecule has 6 heteroatoms. The molecule has 2 atom stereocenters. The van der Waals surface area contributed by atoms with Crippen molar-refractivity contribution in [1.82, 2.24) is 14.8 Å². The predicted octanol–water partition coefficient (Wildman–Crippen LogP) is 5.16. The SMILES string of the molecule is COc1cccc([C@@H]2Oc3ccccc3C3=C2[C@H](c2ccc(C)cc2)n2ncnc2N3)c1. The van der Waals surface area contributed by atoms with Gasteiger partial charge in [0.1, 0.15) is 30.0 Å². The van der Waals surface area contributed by atoms with Crippen LogP contribution in [0.2, 0.25) is 0 Å². The molecule has 3 heterocycles. The predicted molar refractivity (Wildman–Crippen MR) is 123 cm³/mol. The lowest BCUT2D eigenvalue weighted by Crippen LogP contribution is -2.32. The molecule has 0 unspecified atom stereocenters. The van der Waals surface area contributed by atoms with Gasteiger partial charge in [-0.2, -0.15) is 10.1 Å². The molecule has 1 N–H and O–H groups in total. The van der Waals surface area contributed by atoms with Gasteiger partial charge in [-0.25, -0.2) is 4.68 Å². The molecule has 0 saturated heterocycles. The Bertz CT molecular complexity index is 1340. The summed E-state index contributed by atoms with van der Waals surface area (Å²) in [4.78, 5) is 4.48. The van der Waals surface area contributed by atoms with Gasteiger partial charge in [0.15, 0.2) is 0 Å². The molecule has 0 amide bonds. The minimum Gasteiger partial charge on any atom is -0.497 e. The zero-order chi connectivity index (χ0) is 21.7. The molecule has 6 rings (SSSR count). The van der Waals surface area contributed by atoms with Gasteiger partial charge < -0.3 is 14.8 Å². The van der Waals surface area contributed by atoms with Crippen molar-refractivity contribution in [2.45, 2.75) is 19.1 Å². The third-order valence-electron chi connectivity index (χ3n) is 6.11. The van der Waals surface area contributed by atoms with Crippen molar-refractivity contribution in [3.8, 4) is 11.5 Å². The van der Waals surface area contributed by atoms with E-state index in [2.05, 4.69) is 58.7 Å². The molecule has 158 valence electrons. The first kappa shape index (κ1) is 18.7. The Kier molecular flexibility index (Phi) is 4.24. The van der Waals surface area contributed by atoms with Crippen LogP contribution in [0.5, 0.6) is 11.5 Å². The lowest BCUT2D eigenvalue weighted by atomic mass is 9.84. The third kappa shape index (κ3) is 2.87. The monoisotopic (exact) mass is 422 g/mol. The Morgan fingerprint density at radius 1 is 0.969 bits per heavy atom. The molecule has 0 fully saturated rings. The summed E-state index contributed by atoms with van der Waals surface area (Å²) < 4.78 is 14.1. The van der Waals surface area contributed by atoms with Crippen LogP contribution in [0.15, 0.2) is 84.7 Å². The van der Waals surface area contributed by atoms with E-state index in [-0.39, 0.29) is 12.1 Å². The molecule has 0 aliphatic carbocycles. The molecule has 32 heavy (non-hydrogen) atoms. The number of aromatic nitrogens is 3. The quantitative estimate of drug-likeness (QED) is 0.494. The van der Waals surface area contributed by atoms with E-state index in [4.69, 9.17) is 9.47 Å². The molecule has 0 bridgehead atoms. The second kappa shape index (κ2) is 7.27. The minimum absolute atomic E-state index is 0.158. The summed E-state index contributed by atoms with van der Waals surface area (Å²) in [7, 11) is 1.68. The Morgan fingerprint density at radius 3 is 2.66 bits per heavy atom. The molecule has 2 aliphatic heterocycles. The van der Waals surface area contributed by atoms with Crippen molar-refractivity contribution in [2.24, 2.45) is 0 Å². The topological polar surface area (TPSA) is 61.2 Å². The van der Waals surface area contributed by atoms with Crippen LogP contribution < -0.4 is 14.8 Å². The fourth-order valence-corrected chi connectivity index (χ4v) is 4.57. The van der Waals surface area contributed by atoms with Crippen LogP contribution >= 0.6 is 0 Å². The third-order valence-corrected chi connectivity index (χ3v) is 6.11. The molecule has 6 nitrogen and oxygen atoms in total.